The lowest BCUT2D eigenvalue weighted by Gasteiger charge is -2.34. The van der Waals surface area contributed by atoms with Gasteiger partial charge >= 0.3 is 0 Å². The Morgan fingerprint density at radius 1 is 1.19 bits per heavy atom. The van der Waals surface area contributed by atoms with Crippen LogP contribution < -0.4 is 10.6 Å². The predicted octanol–water partition coefficient (Wildman–Crippen LogP) is 2.15. The summed E-state index contributed by atoms with van der Waals surface area (Å²) in [5.74, 6) is 0.104. The standard InChI is InChI=1S/C17H25N3O/c1-13-5-7-14(8-6-13)19-17(21)16-15(9-10-18-16)20-11-3-2-4-12-20/h5-8,15-16,18H,2-4,9-12H2,1H3,(H,19,21)/t15-,16+/m1/s1. The lowest BCUT2D eigenvalue weighted by Crippen LogP contribution is -2.51. The second-order valence-corrected chi connectivity index (χ2v) is 6.24. The minimum Gasteiger partial charge on any atom is -0.325 e. The number of hydrogen-bond acceptors (Lipinski definition) is 3. The average Bonchev–Trinajstić information content (AvgIpc) is 3.00. The number of nitrogens with zero attached hydrogens (tertiary/aromatic N) is 1. The molecule has 21 heavy (non-hydrogen) atoms. The molecule has 1 aromatic rings. The van der Waals surface area contributed by atoms with Gasteiger partial charge in [0.1, 0.15) is 6.04 Å². The molecule has 0 unspecified atom stereocenters. The molecule has 0 aromatic heterocycles. The summed E-state index contributed by atoms with van der Waals surface area (Å²) in [6.45, 7) is 5.27. The van der Waals surface area contributed by atoms with E-state index in [1.807, 2.05) is 24.3 Å². The number of carbonyl (C=O) groups is 1. The van der Waals surface area contributed by atoms with E-state index in [1.165, 1.54) is 24.8 Å². The summed E-state index contributed by atoms with van der Waals surface area (Å²) in [6, 6.07) is 8.27. The first kappa shape index (κ1) is 14.5. The van der Waals surface area contributed by atoms with E-state index in [0.29, 0.717) is 6.04 Å². The third kappa shape index (κ3) is 3.44. The first-order chi connectivity index (χ1) is 10.2. The number of likely N-dealkylation sites (tertiary alicyclic amines) is 1. The Morgan fingerprint density at radius 2 is 1.90 bits per heavy atom. The zero-order valence-electron chi connectivity index (χ0n) is 12.8. The summed E-state index contributed by atoms with van der Waals surface area (Å²) in [5, 5.41) is 6.43. The van der Waals surface area contributed by atoms with E-state index in [2.05, 4.69) is 22.5 Å². The fourth-order valence-electron chi connectivity index (χ4n) is 3.46. The number of amides is 1. The van der Waals surface area contributed by atoms with Gasteiger partial charge in [-0.05, 0) is 58.0 Å². The number of piperidine rings is 1. The minimum absolute atomic E-state index is 0.0793. The molecule has 0 bridgehead atoms. The van der Waals surface area contributed by atoms with Crippen LogP contribution in [0.4, 0.5) is 5.69 Å². The van der Waals surface area contributed by atoms with Crippen molar-refractivity contribution in [3.63, 3.8) is 0 Å². The van der Waals surface area contributed by atoms with Crippen LogP contribution in [0, 0.1) is 6.92 Å². The SMILES string of the molecule is Cc1ccc(NC(=O)[C@H]2NCC[C@H]2N2CCCCC2)cc1. The van der Waals surface area contributed by atoms with Crippen molar-refractivity contribution >= 4 is 11.6 Å². The monoisotopic (exact) mass is 287 g/mol. The Labute approximate surface area is 126 Å². The highest BCUT2D eigenvalue weighted by molar-refractivity contribution is 5.95. The quantitative estimate of drug-likeness (QED) is 0.895. The average molecular weight is 287 g/mol. The third-order valence-corrected chi connectivity index (χ3v) is 4.65. The van der Waals surface area contributed by atoms with Crippen LogP contribution in [-0.4, -0.2) is 42.5 Å². The fourth-order valence-corrected chi connectivity index (χ4v) is 3.46. The Hall–Kier alpha value is -1.39. The predicted molar refractivity (Wildman–Crippen MR) is 85.4 cm³/mol. The Morgan fingerprint density at radius 3 is 2.62 bits per heavy atom. The van der Waals surface area contributed by atoms with Crippen LogP contribution >= 0.6 is 0 Å². The van der Waals surface area contributed by atoms with Crippen LogP contribution in [0.3, 0.4) is 0 Å². The van der Waals surface area contributed by atoms with Crippen LogP contribution in [0.5, 0.6) is 0 Å². The smallest absolute Gasteiger partial charge is 0.243 e. The van der Waals surface area contributed by atoms with Gasteiger partial charge in [-0.3, -0.25) is 9.69 Å². The van der Waals surface area contributed by atoms with Crippen molar-refractivity contribution < 1.29 is 4.79 Å². The van der Waals surface area contributed by atoms with E-state index in [9.17, 15) is 4.79 Å². The van der Waals surface area contributed by atoms with E-state index in [1.54, 1.807) is 0 Å². The zero-order chi connectivity index (χ0) is 14.7. The maximum absolute atomic E-state index is 12.6. The maximum Gasteiger partial charge on any atom is 0.243 e. The van der Waals surface area contributed by atoms with Gasteiger partial charge in [0, 0.05) is 11.7 Å². The molecule has 2 fully saturated rings. The van der Waals surface area contributed by atoms with Crippen molar-refractivity contribution in [1.29, 1.82) is 0 Å². The number of carbonyl (C=O) groups excluding carboxylic acids is 1. The lowest BCUT2D eigenvalue weighted by atomic mass is 10.0. The second-order valence-electron chi connectivity index (χ2n) is 6.24. The van der Waals surface area contributed by atoms with E-state index in [-0.39, 0.29) is 11.9 Å². The van der Waals surface area contributed by atoms with Crippen LogP contribution in [0.1, 0.15) is 31.2 Å². The lowest BCUT2D eigenvalue weighted by molar-refractivity contribution is -0.119. The highest BCUT2D eigenvalue weighted by Gasteiger charge is 2.36. The molecular weight excluding hydrogens is 262 g/mol. The fraction of sp³-hybridized carbons (Fsp3) is 0.588. The van der Waals surface area contributed by atoms with Gasteiger partial charge in [-0.15, -0.1) is 0 Å². The summed E-state index contributed by atoms with van der Waals surface area (Å²) < 4.78 is 0. The molecule has 0 radical (unpaired) electrons. The molecule has 0 spiro atoms. The molecule has 4 nitrogen and oxygen atoms in total. The number of aryl methyl sites for hydroxylation is 1. The zero-order valence-corrected chi connectivity index (χ0v) is 12.8. The second kappa shape index (κ2) is 6.58. The first-order valence-corrected chi connectivity index (χ1v) is 8.09. The molecule has 2 atom stereocenters. The van der Waals surface area contributed by atoms with Gasteiger partial charge in [0.2, 0.25) is 5.91 Å². The molecule has 2 N–H and O–H groups in total. The number of benzene rings is 1. The van der Waals surface area contributed by atoms with Crippen molar-refractivity contribution in [3.05, 3.63) is 29.8 Å². The molecule has 114 valence electrons. The summed E-state index contributed by atoms with van der Waals surface area (Å²) >= 11 is 0. The summed E-state index contributed by atoms with van der Waals surface area (Å²) in [6.07, 6.45) is 4.94. The number of anilines is 1. The van der Waals surface area contributed by atoms with Crippen LogP contribution in [-0.2, 0) is 4.79 Å². The van der Waals surface area contributed by atoms with Crippen LogP contribution in [0.2, 0.25) is 0 Å². The molecular formula is C17H25N3O. The first-order valence-electron chi connectivity index (χ1n) is 8.09. The van der Waals surface area contributed by atoms with Crippen molar-refractivity contribution in [3.8, 4) is 0 Å². The number of nitrogens with one attached hydrogen (secondary N) is 2. The molecule has 0 aliphatic carbocycles. The van der Waals surface area contributed by atoms with Crippen molar-refractivity contribution in [2.24, 2.45) is 0 Å². The molecule has 2 aliphatic rings. The Kier molecular flexibility index (Phi) is 4.56. The largest absolute Gasteiger partial charge is 0.325 e. The maximum atomic E-state index is 12.6. The topological polar surface area (TPSA) is 44.4 Å². The number of rotatable bonds is 3. The van der Waals surface area contributed by atoms with E-state index < -0.39 is 0 Å². The van der Waals surface area contributed by atoms with Gasteiger partial charge in [-0.2, -0.15) is 0 Å². The van der Waals surface area contributed by atoms with E-state index >= 15 is 0 Å². The number of hydrogen-bond donors (Lipinski definition) is 2. The summed E-state index contributed by atoms with van der Waals surface area (Å²) in [7, 11) is 0. The Balaban J connectivity index is 1.63. The van der Waals surface area contributed by atoms with Crippen molar-refractivity contribution in [2.45, 2.75) is 44.7 Å². The third-order valence-electron chi connectivity index (χ3n) is 4.65. The van der Waals surface area contributed by atoms with E-state index in [0.717, 1.165) is 31.7 Å². The Bertz CT molecular complexity index is 479. The molecule has 4 heteroatoms. The van der Waals surface area contributed by atoms with Gasteiger partial charge in [0.05, 0.1) is 0 Å². The van der Waals surface area contributed by atoms with Crippen LogP contribution in [0.15, 0.2) is 24.3 Å². The molecule has 2 heterocycles. The van der Waals surface area contributed by atoms with Gasteiger partial charge in [-0.25, -0.2) is 0 Å². The van der Waals surface area contributed by atoms with Gasteiger partial charge < -0.3 is 10.6 Å². The van der Waals surface area contributed by atoms with Gasteiger partial charge in [0.15, 0.2) is 0 Å². The molecule has 1 aromatic carbocycles. The molecule has 0 saturated carbocycles. The van der Waals surface area contributed by atoms with Gasteiger partial charge in [-0.1, -0.05) is 24.1 Å². The van der Waals surface area contributed by atoms with E-state index in [4.69, 9.17) is 0 Å². The normalized spacial score (nSPS) is 26.7. The molecule has 1 amide bonds. The van der Waals surface area contributed by atoms with Crippen molar-refractivity contribution in [1.82, 2.24) is 10.2 Å². The molecule has 2 aliphatic heterocycles. The highest BCUT2D eigenvalue weighted by atomic mass is 16.2. The minimum atomic E-state index is -0.0793. The highest BCUT2D eigenvalue weighted by Crippen LogP contribution is 2.21. The summed E-state index contributed by atoms with van der Waals surface area (Å²) in [4.78, 5) is 15.1. The van der Waals surface area contributed by atoms with Gasteiger partial charge in [0.25, 0.3) is 0 Å². The molecule has 3 rings (SSSR count). The molecule has 2 saturated heterocycles. The summed E-state index contributed by atoms with van der Waals surface area (Å²) in [5.41, 5.74) is 2.09. The van der Waals surface area contributed by atoms with Crippen LogP contribution in [0.25, 0.3) is 0 Å². The van der Waals surface area contributed by atoms with Crippen molar-refractivity contribution in [2.75, 3.05) is 25.0 Å².